The Bertz CT molecular complexity index is 968. The molecule has 1 aromatic heterocycles. The molecule has 2 aromatic carbocycles. The number of H-pyrrole nitrogens is 1. The molecule has 0 bridgehead atoms. The summed E-state index contributed by atoms with van der Waals surface area (Å²) in [4.78, 5) is 18.1. The van der Waals surface area contributed by atoms with E-state index in [2.05, 4.69) is 20.5 Å². The molecule has 6 nitrogen and oxygen atoms in total. The van der Waals surface area contributed by atoms with E-state index in [1.807, 2.05) is 48.5 Å². The smallest absolute Gasteiger partial charge is 0.252 e. The molecule has 0 atom stereocenters. The van der Waals surface area contributed by atoms with Gasteiger partial charge in [-0.05, 0) is 42.3 Å². The second-order valence-electron chi connectivity index (χ2n) is 5.59. The molecule has 0 fully saturated rings. The van der Waals surface area contributed by atoms with E-state index in [-0.39, 0.29) is 5.56 Å². The number of hydrogen-bond donors (Lipinski definition) is 2. The van der Waals surface area contributed by atoms with Crippen molar-refractivity contribution < 1.29 is 4.74 Å². The lowest BCUT2D eigenvalue weighted by Crippen LogP contribution is -2.10. The Kier molecular flexibility index (Phi) is 5.66. The molecule has 0 saturated heterocycles. The first-order valence-electron chi connectivity index (χ1n) is 7.93. The number of hydrazone groups is 1. The van der Waals surface area contributed by atoms with Crippen molar-refractivity contribution in [2.24, 2.45) is 5.10 Å². The Morgan fingerprint density at radius 1 is 1.23 bits per heavy atom. The number of hydrogen-bond acceptors (Lipinski definition) is 5. The number of anilines is 1. The van der Waals surface area contributed by atoms with Crippen LogP contribution in [-0.4, -0.2) is 16.2 Å². The number of rotatable bonds is 6. The maximum atomic E-state index is 11.4. The van der Waals surface area contributed by atoms with Crippen LogP contribution in [0.1, 0.15) is 16.8 Å². The van der Waals surface area contributed by atoms with Gasteiger partial charge in [-0.15, -0.1) is 0 Å². The number of aryl methyl sites for hydroxylation is 1. The van der Waals surface area contributed by atoms with Crippen LogP contribution in [-0.2, 0) is 6.61 Å². The second-order valence-corrected chi connectivity index (χ2v) is 6.03. The van der Waals surface area contributed by atoms with Gasteiger partial charge < -0.3 is 4.74 Å². The van der Waals surface area contributed by atoms with Gasteiger partial charge in [-0.2, -0.15) is 5.10 Å². The standard InChI is InChI=1S/C19H17ClN4O2/c1-13-9-18(25)23-19(22-13)24-21-11-15-3-2-4-17(10-15)26-12-14-5-7-16(20)8-6-14/h2-11H,12H2,1H3,(H2,22,23,24,25)/b21-11+. The summed E-state index contributed by atoms with van der Waals surface area (Å²) in [5.41, 5.74) is 4.97. The van der Waals surface area contributed by atoms with Crippen molar-refractivity contribution in [3.05, 3.63) is 86.8 Å². The molecule has 7 heteroatoms. The quantitative estimate of drug-likeness (QED) is 0.513. The van der Waals surface area contributed by atoms with E-state index in [9.17, 15) is 4.79 Å². The zero-order valence-electron chi connectivity index (χ0n) is 14.1. The highest BCUT2D eigenvalue weighted by atomic mass is 35.5. The lowest BCUT2D eigenvalue weighted by Gasteiger charge is -2.07. The third-order valence-electron chi connectivity index (χ3n) is 3.43. The van der Waals surface area contributed by atoms with Crippen molar-refractivity contribution in [3.8, 4) is 5.75 Å². The van der Waals surface area contributed by atoms with Crippen LogP contribution in [0, 0.1) is 6.92 Å². The third kappa shape index (κ3) is 5.19. The monoisotopic (exact) mass is 368 g/mol. The number of nitrogens with one attached hydrogen (secondary N) is 2. The van der Waals surface area contributed by atoms with Crippen LogP contribution in [0.3, 0.4) is 0 Å². The van der Waals surface area contributed by atoms with Crippen molar-refractivity contribution in [2.45, 2.75) is 13.5 Å². The minimum absolute atomic E-state index is 0.229. The number of benzene rings is 2. The maximum absolute atomic E-state index is 11.4. The zero-order valence-corrected chi connectivity index (χ0v) is 14.8. The van der Waals surface area contributed by atoms with Gasteiger partial charge in [-0.1, -0.05) is 35.9 Å². The Balaban J connectivity index is 1.61. The predicted molar refractivity (Wildman–Crippen MR) is 103 cm³/mol. The molecule has 0 saturated carbocycles. The first kappa shape index (κ1) is 17.7. The maximum Gasteiger partial charge on any atom is 0.252 e. The average molecular weight is 369 g/mol. The van der Waals surface area contributed by atoms with Crippen LogP contribution in [0.15, 0.2) is 64.5 Å². The Hall–Kier alpha value is -3.12. The molecule has 0 spiro atoms. The first-order chi connectivity index (χ1) is 12.6. The van der Waals surface area contributed by atoms with Crippen molar-refractivity contribution >= 4 is 23.8 Å². The normalized spacial score (nSPS) is 10.8. The molecule has 2 N–H and O–H groups in total. The molecule has 1 heterocycles. The fourth-order valence-corrected chi connectivity index (χ4v) is 2.36. The van der Waals surface area contributed by atoms with Gasteiger partial charge in [0, 0.05) is 16.8 Å². The lowest BCUT2D eigenvalue weighted by atomic mass is 10.2. The number of aromatic nitrogens is 2. The molecule has 26 heavy (non-hydrogen) atoms. The summed E-state index contributed by atoms with van der Waals surface area (Å²) in [7, 11) is 0. The summed E-state index contributed by atoms with van der Waals surface area (Å²) < 4.78 is 5.78. The second kappa shape index (κ2) is 8.31. The molecular weight excluding hydrogens is 352 g/mol. The molecule has 0 amide bonds. The minimum atomic E-state index is -0.229. The lowest BCUT2D eigenvalue weighted by molar-refractivity contribution is 0.306. The molecule has 0 radical (unpaired) electrons. The van der Waals surface area contributed by atoms with Crippen LogP contribution in [0.2, 0.25) is 5.02 Å². The molecule has 3 aromatic rings. The van der Waals surface area contributed by atoms with Gasteiger partial charge in [0.05, 0.1) is 6.21 Å². The van der Waals surface area contributed by atoms with Gasteiger partial charge >= 0.3 is 0 Å². The fourth-order valence-electron chi connectivity index (χ4n) is 2.23. The Labute approximate surface area is 155 Å². The van der Waals surface area contributed by atoms with Crippen molar-refractivity contribution in [2.75, 3.05) is 5.43 Å². The molecule has 3 rings (SSSR count). The number of halogens is 1. The predicted octanol–water partition coefficient (Wildman–Crippen LogP) is 3.76. The van der Waals surface area contributed by atoms with Gasteiger partial charge in [0.2, 0.25) is 5.95 Å². The highest BCUT2D eigenvalue weighted by molar-refractivity contribution is 6.30. The van der Waals surface area contributed by atoms with Gasteiger partial charge in [-0.25, -0.2) is 10.4 Å². The van der Waals surface area contributed by atoms with Crippen molar-refractivity contribution in [3.63, 3.8) is 0 Å². The molecule has 0 aliphatic carbocycles. The van der Waals surface area contributed by atoms with E-state index < -0.39 is 0 Å². The molecule has 0 unspecified atom stereocenters. The van der Waals surface area contributed by atoms with Crippen LogP contribution < -0.4 is 15.7 Å². The van der Waals surface area contributed by atoms with Crippen molar-refractivity contribution in [1.29, 1.82) is 0 Å². The highest BCUT2D eigenvalue weighted by Crippen LogP contribution is 2.15. The number of nitrogens with zero attached hydrogens (tertiary/aromatic N) is 2. The van der Waals surface area contributed by atoms with E-state index in [1.54, 1.807) is 13.1 Å². The van der Waals surface area contributed by atoms with Gasteiger partial charge in [0.1, 0.15) is 12.4 Å². The first-order valence-corrected chi connectivity index (χ1v) is 8.31. The van der Waals surface area contributed by atoms with Crippen molar-refractivity contribution in [1.82, 2.24) is 9.97 Å². The summed E-state index contributed by atoms with van der Waals surface area (Å²) in [6.45, 7) is 2.19. The van der Waals surface area contributed by atoms with Gasteiger partial charge in [0.15, 0.2) is 0 Å². The molecular formula is C19H17ClN4O2. The summed E-state index contributed by atoms with van der Waals surface area (Å²) in [6.07, 6.45) is 1.62. The third-order valence-corrected chi connectivity index (χ3v) is 3.68. The van der Waals surface area contributed by atoms with Gasteiger partial charge in [0.25, 0.3) is 5.56 Å². The van der Waals surface area contributed by atoms with Gasteiger partial charge in [-0.3, -0.25) is 9.78 Å². The summed E-state index contributed by atoms with van der Waals surface area (Å²) in [6, 6.07) is 16.4. The topological polar surface area (TPSA) is 79.4 Å². The molecule has 132 valence electrons. The van der Waals surface area contributed by atoms with Crippen LogP contribution >= 0.6 is 11.6 Å². The summed E-state index contributed by atoms with van der Waals surface area (Å²) in [5, 5.41) is 4.78. The van der Waals surface area contributed by atoms with E-state index in [0.717, 1.165) is 16.9 Å². The number of ether oxygens (including phenoxy) is 1. The Morgan fingerprint density at radius 2 is 2.04 bits per heavy atom. The van der Waals surface area contributed by atoms with Crippen LogP contribution in [0.5, 0.6) is 5.75 Å². The highest BCUT2D eigenvalue weighted by Gasteiger charge is 1.99. The molecule has 0 aliphatic rings. The van der Waals surface area contributed by atoms with E-state index >= 15 is 0 Å². The largest absolute Gasteiger partial charge is 0.489 e. The van der Waals surface area contributed by atoms with E-state index in [4.69, 9.17) is 16.3 Å². The number of aromatic amines is 1. The SMILES string of the molecule is Cc1cc(=O)[nH]c(N/N=C/c2cccc(OCc3ccc(Cl)cc3)c2)n1. The Morgan fingerprint density at radius 3 is 2.81 bits per heavy atom. The summed E-state index contributed by atoms with van der Waals surface area (Å²) in [5.74, 6) is 1.02. The van der Waals surface area contributed by atoms with E-state index in [1.165, 1.54) is 6.07 Å². The molecule has 0 aliphatic heterocycles. The zero-order chi connectivity index (χ0) is 18.4. The fraction of sp³-hybridized carbons (Fsp3) is 0.105. The van der Waals surface area contributed by atoms with E-state index in [0.29, 0.717) is 23.3 Å². The van der Waals surface area contributed by atoms with Crippen LogP contribution in [0.4, 0.5) is 5.95 Å². The average Bonchev–Trinajstić information content (AvgIpc) is 2.61. The summed E-state index contributed by atoms with van der Waals surface area (Å²) >= 11 is 5.87. The van der Waals surface area contributed by atoms with Crippen LogP contribution in [0.25, 0.3) is 0 Å². The minimum Gasteiger partial charge on any atom is -0.489 e.